The Morgan fingerprint density at radius 2 is 1.94 bits per heavy atom. The van der Waals surface area contributed by atoms with Crippen molar-refractivity contribution in [2.45, 2.75) is 26.7 Å². The zero-order valence-electron chi connectivity index (χ0n) is 10.5. The summed E-state index contributed by atoms with van der Waals surface area (Å²) < 4.78 is 0. The third kappa shape index (κ3) is 1.74. The van der Waals surface area contributed by atoms with E-state index in [0.29, 0.717) is 6.42 Å². The van der Waals surface area contributed by atoms with Gasteiger partial charge in [-0.25, -0.2) is 0 Å². The van der Waals surface area contributed by atoms with Crippen LogP contribution in [0.5, 0.6) is 0 Å². The first kappa shape index (κ1) is 11.1. The van der Waals surface area contributed by atoms with Gasteiger partial charge in [0, 0.05) is 30.1 Å². The largest absolute Gasteiger partial charge is 0.294 e. The van der Waals surface area contributed by atoms with E-state index in [0.717, 1.165) is 28.9 Å². The van der Waals surface area contributed by atoms with E-state index in [1.165, 1.54) is 0 Å². The van der Waals surface area contributed by atoms with Crippen molar-refractivity contribution in [3.63, 3.8) is 0 Å². The van der Waals surface area contributed by atoms with E-state index >= 15 is 0 Å². The molecule has 0 saturated heterocycles. The summed E-state index contributed by atoms with van der Waals surface area (Å²) in [6.07, 6.45) is 4.88. The van der Waals surface area contributed by atoms with E-state index in [1.54, 1.807) is 12.4 Å². The lowest BCUT2D eigenvalue weighted by Crippen LogP contribution is -2.26. The minimum atomic E-state index is 0.0200. The number of hydrogen-bond acceptors (Lipinski definition) is 3. The van der Waals surface area contributed by atoms with Crippen LogP contribution in [-0.2, 0) is 6.42 Å². The number of nitrogens with one attached hydrogen (secondary N) is 1. The Hall–Kier alpha value is -1.97. The van der Waals surface area contributed by atoms with Crippen LogP contribution >= 0.6 is 0 Å². The van der Waals surface area contributed by atoms with Gasteiger partial charge in [-0.05, 0) is 24.0 Å². The van der Waals surface area contributed by atoms with Gasteiger partial charge in [0.15, 0.2) is 5.78 Å². The van der Waals surface area contributed by atoms with Crippen molar-refractivity contribution in [2.75, 3.05) is 0 Å². The van der Waals surface area contributed by atoms with Crippen LogP contribution in [0.4, 0.5) is 0 Å². The number of carbonyl (C=O) groups is 1. The number of rotatable bonds is 1. The van der Waals surface area contributed by atoms with Gasteiger partial charge in [0.1, 0.15) is 5.69 Å². The predicted octanol–water partition coefficient (Wildman–Crippen LogP) is 2.63. The van der Waals surface area contributed by atoms with Crippen molar-refractivity contribution < 1.29 is 4.79 Å². The maximum atomic E-state index is 12.3. The van der Waals surface area contributed by atoms with Gasteiger partial charge in [-0.3, -0.25) is 14.9 Å². The van der Waals surface area contributed by atoms with E-state index in [9.17, 15) is 4.79 Å². The molecule has 0 fully saturated rings. The zero-order chi connectivity index (χ0) is 12.8. The summed E-state index contributed by atoms with van der Waals surface area (Å²) in [7, 11) is 0. The number of ketones is 1. The summed E-state index contributed by atoms with van der Waals surface area (Å²) in [6.45, 7) is 4.22. The highest BCUT2D eigenvalue weighted by Crippen LogP contribution is 2.37. The average Bonchev–Trinajstić information content (AvgIpc) is 2.72. The first-order chi connectivity index (χ1) is 8.57. The summed E-state index contributed by atoms with van der Waals surface area (Å²) in [5, 5.41) is 7.33. The zero-order valence-corrected chi connectivity index (χ0v) is 10.5. The third-order valence-electron chi connectivity index (χ3n) is 3.37. The van der Waals surface area contributed by atoms with E-state index in [1.807, 2.05) is 12.1 Å². The summed E-state index contributed by atoms with van der Waals surface area (Å²) in [4.78, 5) is 16.3. The van der Waals surface area contributed by atoms with Crippen LogP contribution in [0.1, 0.15) is 36.3 Å². The van der Waals surface area contributed by atoms with E-state index < -0.39 is 0 Å². The van der Waals surface area contributed by atoms with E-state index in [2.05, 4.69) is 29.0 Å². The number of aromatic amines is 1. The minimum absolute atomic E-state index is 0.0200. The fraction of sp³-hybridized carbons (Fsp3) is 0.357. The molecule has 0 unspecified atom stereocenters. The second kappa shape index (κ2) is 3.77. The molecule has 4 nitrogen and oxygen atoms in total. The molecule has 2 aromatic rings. The van der Waals surface area contributed by atoms with Gasteiger partial charge in [0.2, 0.25) is 0 Å². The number of Topliss-reactive ketones (excluding diaryl/α,β-unsaturated/α-hetero) is 1. The van der Waals surface area contributed by atoms with Crippen molar-refractivity contribution in [1.82, 2.24) is 15.2 Å². The Bertz CT molecular complexity index is 599. The van der Waals surface area contributed by atoms with Crippen molar-refractivity contribution in [3.8, 4) is 11.3 Å². The van der Waals surface area contributed by atoms with Crippen molar-refractivity contribution in [3.05, 3.63) is 35.8 Å². The van der Waals surface area contributed by atoms with Gasteiger partial charge in [-0.2, -0.15) is 5.10 Å². The van der Waals surface area contributed by atoms with Gasteiger partial charge in [0.25, 0.3) is 0 Å². The van der Waals surface area contributed by atoms with Crippen LogP contribution < -0.4 is 0 Å². The van der Waals surface area contributed by atoms with Gasteiger partial charge in [-0.15, -0.1) is 0 Å². The van der Waals surface area contributed by atoms with Gasteiger partial charge in [-0.1, -0.05) is 13.8 Å². The molecule has 2 heterocycles. The molecule has 92 valence electrons. The van der Waals surface area contributed by atoms with Crippen LogP contribution in [0.2, 0.25) is 0 Å². The molecule has 18 heavy (non-hydrogen) atoms. The highest BCUT2D eigenvalue weighted by atomic mass is 16.1. The lowest BCUT2D eigenvalue weighted by molar-refractivity contribution is 0.0912. The number of aromatic nitrogens is 3. The Morgan fingerprint density at radius 1 is 1.22 bits per heavy atom. The highest BCUT2D eigenvalue weighted by Gasteiger charge is 2.34. The first-order valence-corrected chi connectivity index (χ1v) is 6.08. The second-order valence-electron chi connectivity index (χ2n) is 5.60. The standard InChI is InChI=1S/C14H15N3O/c1-14(2)7-10-12(11(18)8-14)13(17-16-10)9-3-5-15-6-4-9/h3-6H,7-8H2,1-2H3,(H,16,17). The number of H-pyrrole nitrogens is 1. The minimum Gasteiger partial charge on any atom is -0.294 e. The molecule has 0 bridgehead atoms. The molecular formula is C14H15N3O. The Morgan fingerprint density at radius 3 is 2.67 bits per heavy atom. The second-order valence-corrected chi connectivity index (χ2v) is 5.60. The monoisotopic (exact) mass is 241 g/mol. The van der Waals surface area contributed by atoms with Crippen molar-refractivity contribution in [1.29, 1.82) is 0 Å². The molecule has 0 spiro atoms. The number of hydrogen-bond donors (Lipinski definition) is 1. The molecule has 0 aliphatic heterocycles. The fourth-order valence-corrected chi connectivity index (χ4v) is 2.59. The van der Waals surface area contributed by atoms with Crippen molar-refractivity contribution >= 4 is 5.78 Å². The normalized spacial score (nSPS) is 17.6. The summed E-state index contributed by atoms with van der Waals surface area (Å²) >= 11 is 0. The van der Waals surface area contributed by atoms with Crippen LogP contribution in [0.3, 0.4) is 0 Å². The lowest BCUT2D eigenvalue weighted by atomic mass is 9.75. The molecule has 2 aromatic heterocycles. The molecule has 0 aromatic carbocycles. The number of pyridine rings is 1. The molecule has 1 aliphatic carbocycles. The number of carbonyl (C=O) groups excluding carboxylic acids is 1. The molecule has 1 N–H and O–H groups in total. The van der Waals surface area contributed by atoms with E-state index in [4.69, 9.17) is 0 Å². The molecule has 0 radical (unpaired) electrons. The molecule has 4 heteroatoms. The third-order valence-corrected chi connectivity index (χ3v) is 3.37. The summed E-state index contributed by atoms with van der Waals surface area (Å²) in [6, 6.07) is 3.76. The maximum Gasteiger partial charge on any atom is 0.167 e. The number of nitrogens with zero attached hydrogens (tertiary/aromatic N) is 2. The lowest BCUT2D eigenvalue weighted by Gasteiger charge is -2.27. The summed E-state index contributed by atoms with van der Waals surface area (Å²) in [5.41, 5.74) is 3.44. The van der Waals surface area contributed by atoms with Gasteiger partial charge >= 0.3 is 0 Å². The van der Waals surface area contributed by atoms with Crippen LogP contribution in [0.15, 0.2) is 24.5 Å². The topological polar surface area (TPSA) is 58.6 Å². The Kier molecular flexibility index (Phi) is 2.33. The SMILES string of the molecule is CC1(C)CC(=O)c2c(-c3ccncc3)n[nH]c2C1. The molecule has 0 amide bonds. The van der Waals surface area contributed by atoms with Crippen LogP contribution in [-0.4, -0.2) is 21.0 Å². The molecule has 0 atom stereocenters. The van der Waals surface area contributed by atoms with Gasteiger partial charge in [0.05, 0.1) is 5.56 Å². The molecule has 1 aliphatic rings. The highest BCUT2D eigenvalue weighted by molar-refractivity contribution is 6.03. The average molecular weight is 241 g/mol. The predicted molar refractivity (Wildman–Crippen MR) is 68.3 cm³/mol. The molecular weight excluding hydrogens is 226 g/mol. The maximum absolute atomic E-state index is 12.3. The Labute approximate surface area is 105 Å². The Balaban J connectivity index is 2.12. The van der Waals surface area contributed by atoms with E-state index in [-0.39, 0.29) is 11.2 Å². The van der Waals surface area contributed by atoms with Gasteiger partial charge < -0.3 is 0 Å². The molecule has 3 rings (SSSR count). The van der Waals surface area contributed by atoms with Crippen LogP contribution in [0.25, 0.3) is 11.3 Å². The smallest absolute Gasteiger partial charge is 0.167 e. The quantitative estimate of drug-likeness (QED) is 0.835. The molecule has 0 saturated carbocycles. The first-order valence-electron chi connectivity index (χ1n) is 6.08. The van der Waals surface area contributed by atoms with Crippen molar-refractivity contribution in [2.24, 2.45) is 5.41 Å². The van der Waals surface area contributed by atoms with Crippen LogP contribution in [0, 0.1) is 5.41 Å². The summed E-state index contributed by atoms with van der Waals surface area (Å²) in [5.74, 6) is 0.182. The fourth-order valence-electron chi connectivity index (χ4n) is 2.59. The number of fused-ring (bicyclic) bond motifs is 1.